The third-order valence-electron chi connectivity index (χ3n) is 4.13. The third kappa shape index (κ3) is 4.02. The highest BCUT2D eigenvalue weighted by atomic mass is 35.5. The van der Waals surface area contributed by atoms with Gasteiger partial charge in [-0.3, -0.25) is 4.31 Å². The zero-order valence-electron chi connectivity index (χ0n) is 13.7. The summed E-state index contributed by atoms with van der Waals surface area (Å²) in [6, 6.07) is 7.75. The highest BCUT2D eigenvalue weighted by Crippen LogP contribution is 2.34. The molecular weight excluding hydrogens is 437 g/mol. The van der Waals surface area contributed by atoms with Gasteiger partial charge in [-0.25, -0.2) is 16.8 Å². The molecule has 0 bridgehead atoms. The predicted molar refractivity (Wildman–Crippen MR) is 103 cm³/mol. The summed E-state index contributed by atoms with van der Waals surface area (Å²) in [7, 11) is -7.95. The molecule has 0 spiro atoms. The van der Waals surface area contributed by atoms with E-state index in [-0.39, 0.29) is 26.4 Å². The quantitative estimate of drug-likeness (QED) is 0.735. The van der Waals surface area contributed by atoms with Crippen molar-refractivity contribution < 1.29 is 27.0 Å². The zero-order valence-corrected chi connectivity index (χ0v) is 16.8. The number of aromatic hydroxyl groups is 1. The minimum Gasteiger partial charge on any atom is -0.508 e. The molecule has 11 heteroatoms. The van der Waals surface area contributed by atoms with Crippen LogP contribution in [0.3, 0.4) is 0 Å². The van der Waals surface area contributed by atoms with Crippen molar-refractivity contribution in [3.63, 3.8) is 0 Å². The molecule has 1 aliphatic rings. The van der Waals surface area contributed by atoms with Crippen molar-refractivity contribution in [2.24, 2.45) is 0 Å². The van der Waals surface area contributed by atoms with Crippen molar-refractivity contribution in [2.75, 3.05) is 15.8 Å². The number of sulfone groups is 1. The van der Waals surface area contributed by atoms with E-state index in [1.165, 1.54) is 36.4 Å². The molecule has 0 aromatic heterocycles. The van der Waals surface area contributed by atoms with Gasteiger partial charge >= 0.3 is 0 Å². The van der Waals surface area contributed by atoms with E-state index in [1.54, 1.807) is 0 Å². The van der Waals surface area contributed by atoms with Crippen LogP contribution in [-0.2, 0) is 19.9 Å². The Hall–Kier alpha value is -1.52. The Bertz CT molecular complexity index is 1090. The van der Waals surface area contributed by atoms with Crippen LogP contribution in [0.1, 0.15) is 0 Å². The van der Waals surface area contributed by atoms with Crippen LogP contribution in [0.2, 0.25) is 10.0 Å². The molecule has 1 aliphatic heterocycles. The number of nitrogens with zero attached hydrogens (tertiary/aromatic N) is 1. The number of hydrogen-bond donors (Lipinski definition) is 2. The summed E-state index contributed by atoms with van der Waals surface area (Å²) >= 11 is 11.8. The maximum atomic E-state index is 13.3. The molecule has 0 unspecified atom stereocenters. The summed E-state index contributed by atoms with van der Waals surface area (Å²) in [4.78, 5) is -0.225. The molecule has 2 atom stereocenters. The second-order valence-electron chi connectivity index (χ2n) is 6.11. The lowest BCUT2D eigenvalue weighted by Gasteiger charge is -2.31. The van der Waals surface area contributed by atoms with Gasteiger partial charge in [-0.15, -0.1) is 0 Å². The molecule has 2 aromatic rings. The molecule has 27 heavy (non-hydrogen) atoms. The molecule has 1 heterocycles. The lowest BCUT2D eigenvalue weighted by molar-refractivity contribution is 0.184. The van der Waals surface area contributed by atoms with E-state index in [1.807, 2.05) is 0 Å². The number of phenolic OH excluding ortho intramolecular Hbond substituents is 1. The van der Waals surface area contributed by atoms with E-state index in [0.717, 1.165) is 10.4 Å². The zero-order chi connectivity index (χ0) is 20.0. The second-order valence-corrected chi connectivity index (χ2v) is 10.9. The van der Waals surface area contributed by atoms with Gasteiger partial charge in [-0.2, -0.15) is 0 Å². The van der Waals surface area contributed by atoms with E-state index >= 15 is 0 Å². The van der Waals surface area contributed by atoms with E-state index in [4.69, 9.17) is 23.2 Å². The summed E-state index contributed by atoms with van der Waals surface area (Å²) < 4.78 is 51.3. The van der Waals surface area contributed by atoms with E-state index in [2.05, 4.69) is 0 Å². The molecule has 2 aromatic carbocycles. The lowest BCUT2D eigenvalue weighted by atomic mass is 10.2. The van der Waals surface area contributed by atoms with Crippen molar-refractivity contribution in [1.82, 2.24) is 0 Å². The Balaban J connectivity index is 2.19. The average Bonchev–Trinajstić information content (AvgIpc) is 2.82. The van der Waals surface area contributed by atoms with Crippen LogP contribution >= 0.6 is 23.2 Å². The van der Waals surface area contributed by atoms with Gasteiger partial charge in [-0.05, 0) is 30.3 Å². The first-order valence-corrected chi connectivity index (χ1v) is 11.7. The molecule has 1 saturated heterocycles. The largest absolute Gasteiger partial charge is 0.508 e. The number of aliphatic hydroxyl groups is 1. The molecule has 0 aliphatic carbocycles. The number of rotatable bonds is 4. The molecule has 2 N–H and O–H groups in total. The number of halogens is 2. The summed E-state index contributed by atoms with van der Waals surface area (Å²) in [6.45, 7) is 0. The Labute approximate surface area is 166 Å². The highest BCUT2D eigenvalue weighted by molar-refractivity contribution is 7.93. The van der Waals surface area contributed by atoms with Crippen LogP contribution < -0.4 is 4.31 Å². The Kier molecular flexibility index (Phi) is 5.35. The Morgan fingerprint density at radius 3 is 2.30 bits per heavy atom. The smallest absolute Gasteiger partial charge is 0.264 e. The minimum atomic E-state index is -4.32. The molecular formula is C16H15Cl2NO6S2. The number of phenols is 1. The van der Waals surface area contributed by atoms with Crippen LogP contribution in [0.5, 0.6) is 5.75 Å². The molecule has 146 valence electrons. The standard InChI is InChI=1S/C16H15Cl2NO6S2/c17-13-5-4-12(7-14(13)18)27(24,25)19(10-2-1-3-11(20)6-10)15-8-26(22,23)9-16(15)21/h1-7,15-16,20-21H,8-9H2/t15-,16+/m0/s1. The maximum Gasteiger partial charge on any atom is 0.264 e. The SMILES string of the molecule is O=S1(=O)C[C@@H](O)[C@@H](N(c2cccc(O)c2)S(=O)(=O)c2ccc(Cl)c(Cl)c2)C1. The van der Waals surface area contributed by atoms with Crippen LogP contribution in [0.15, 0.2) is 47.4 Å². The van der Waals surface area contributed by atoms with Crippen molar-refractivity contribution in [1.29, 1.82) is 0 Å². The first kappa shape index (κ1) is 20.2. The minimum absolute atomic E-state index is 0.00759. The fourth-order valence-corrected chi connectivity index (χ4v) is 6.85. The van der Waals surface area contributed by atoms with Crippen molar-refractivity contribution in [3.8, 4) is 5.75 Å². The number of benzene rings is 2. The number of aliphatic hydroxyl groups excluding tert-OH is 1. The number of sulfonamides is 1. The first-order chi connectivity index (χ1) is 12.5. The van der Waals surface area contributed by atoms with Gasteiger partial charge in [0.2, 0.25) is 0 Å². The summed E-state index contributed by atoms with van der Waals surface area (Å²) in [5, 5.41) is 20.2. The van der Waals surface area contributed by atoms with Gasteiger partial charge in [0.25, 0.3) is 10.0 Å². The normalized spacial score (nSPS) is 21.9. The van der Waals surface area contributed by atoms with Crippen molar-refractivity contribution in [2.45, 2.75) is 17.0 Å². The Morgan fingerprint density at radius 1 is 1.04 bits per heavy atom. The average molecular weight is 452 g/mol. The molecule has 7 nitrogen and oxygen atoms in total. The van der Waals surface area contributed by atoms with Gasteiger partial charge in [0.1, 0.15) is 5.75 Å². The van der Waals surface area contributed by atoms with Gasteiger partial charge in [0.05, 0.1) is 44.3 Å². The molecule has 0 saturated carbocycles. The predicted octanol–water partition coefficient (Wildman–Crippen LogP) is 2.05. The first-order valence-electron chi connectivity index (χ1n) is 7.68. The fraction of sp³-hybridized carbons (Fsp3) is 0.250. The summed E-state index contributed by atoms with van der Waals surface area (Å²) in [5.41, 5.74) is 0.0159. The highest BCUT2D eigenvalue weighted by Gasteiger charge is 2.45. The number of anilines is 1. The van der Waals surface area contributed by atoms with E-state index in [0.29, 0.717) is 0 Å². The van der Waals surface area contributed by atoms with Gasteiger partial charge in [-0.1, -0.05) is 29.3 Å². The summed E-state index contributed by atoms with van der Waals surface area (Å²) in [6.07, 6.45) is -1.42. The van der Waals surface area contributed by atoms with Gasteiger partial charge < -0.3 is 10.2 Å². The topological polar surface area (TPSA) is 112 Å². The van der Waals surface area contributed by atoms with Gasteiger partial charge in [0, 0.05) is 6.07 Å². The van der Waals surface area contributed by atoms with Crippen molar-refractivity contribution in [3.05, 3.63) is 52.5 Å². The molecule has 1 fully saturated rings. The van der Waals surface area contributed by atoms with E-state index < -0.39 is 43.5 Å². The molecule has 0 radical (unpaired) electrons. The summed E-state index contributed by atoms with van der Waals surface area (Å²) in [5.74, 6) is -1.31. The number of hydrogen-bond acceptors (Lipinski definition) is 6. The lowest BCUT2D eigenvalue weighted by Crippen LogP contribution is -2.47. The Morgan fingerprint density at radius 2 is 1.74 bits per heavy atom. The fourth-order valence-electron chi connectivity index (χ4n) is 2.92. The van der Waals surface area contributed by atoms with Crippen LogP contribution in [-0.4, -0.2) is 50.7 Å². The van der Waals surface area contributed by atoms with Crippen LogP contribution in [0.4, 0.5) is 5.69 Å². The second kappa shape index (κ2) is 7.14. The van der Waals surface area contributed by atoms with E-state index in [9.17, 15) is 27.0 Å². The van der Waals surface area contributed by atoms with Crippen LogP contribution in [0, 0.1) is 0 Å². The van der Waals surface area contributed by atoms with Gasteiger partial charge in [0.15, 0.2) is 9.84 Å². The molecule has 3 rings (SSSR count). The molecule has 0 amide bonds. The van der Waals surface area contributed by atoms with Crippen molar-refractivity contribution >= 4 is 48.7 Å². The monoisotopic (exact) mass is 451 g/mol. The maximum absolute atomic E-state index is 13.3. The van der Waals surface area contributed by atoms with Crippen LogP contribution in [0.25, 0.3) is 0 Å². The third-order valence-corrected chi connectivity index (χ3v) is 8.41.